The number of nitriles is 1. The van der Waals surface area contributed by atoms with Crippen LogP contribution in [-0.2, 0) is 13.0 Å². The molecule has 0 N–H and O–H groups in total. The summed E-state index contributed by atoms with van der Waals surface area (Å²) in [6.07, 6.45) is 0.100. The molecule has 0 bridgehead atoms. The SMILES string of the molecule is COc1nn(-c2ccccc2CC#N)c(=O)n(Cc2ccc(Cl)cc2)c1=O. The molecule has 0 fully saturated rings. The first kappa shape index (κ1) is 18.4. The van der Waals surface area contributed by atoms with Crippen molar-refractivity contribution in [2.75, 3.05) is 7.11 Å². The number of methoxy groups -OCH3 is 1. The van der Waals surface area contributed by atoms with Crippen molar-refractivity contribution in [1.82, 2.24) is 14.3 Å². The summed E-state index contributed by atoms with van der Waals surface area (Å²) in [6, 6.07) is 15.8. The molecular weight excluding hydrogens is 368 g/mol. The Hall–Kier alpha value is -3.37. The van der Waals surface area contributed by atoms with E-state index in [-0.39, 0.29) is 18.8 Å². The summed E-state index contributed by atoms with van der Waals surface area (Å²) in [5, 5.41) is 13.6. The Labute approximate surface area is 159 Å². The molecule has 1 heterocycles. The number of hydrogen-bond donors (Lipinski definition) is 0. The normalized spacial score (nSPS) is 10.4. The fourth-order valence-electron chi connectivity index (χ4n) is 2.64. The summed E-state index contributed by atoms with van der Waals surface area (Å²) in [4.78, 5) is 25.6. The highest BCUT2D eigenvalue weighted by molar-refractivity contribution is 6.30. The Kier molecular flexibility index (Phi) is 5.38. The molecule has 0 amide bonds. The first-order valence-corrected chi connectivity index (χ1v) is 8.40. The molecule has 0 saturated carbocycles. The maximum absolute atomic E-state index is 13.0. The van der Waals surface area contributed by atoms with Crippen molar-refractivity contribution in [3.8, 4) is 17.6 Å². The molecule has 27 heavy (non-hydrogen) atoms. The zero-order valence-corrected chi connectivity index (χ0v) is 15.2. The van der Waals surface area contributed by atoms with Crippen LogP contribution >= 0.6 is 11.6 Å². The summed E-state index contributed by atoms with van der Waals surface area (Å²) >= 11 is 5.89. The van der Waals surface area contributed by atoms with Crippen LogP contribution in [0.25, 0.3) is 5.69 Å². The minimum atomic E-state index is -0.633. The number of halogens is 1. The van der Waals surface area contributed by atoms with E-state index in [9.17, 15) is 9.59 Å². The van der Waals surface area contributed by atoms with Crippen molar-refractivity contribution < 1.29 is 4.74 Å². The number of para-hydroxylation sites is 1. The predicted molar refractivity (Wildman–Crippen MR) is 101 cm³/mol. The number of benzene rings is 2. The molecule has 0 atom stereocenters. The van der Waals surface area contributed by atoms with Gasteiger partial charge >= 0.3 is 11.2 Å². The average Bonchev–Trinajstić information content (AvgIpc) is 2.68. The average molecular weight is 383 g/mol. The van der Waals surface area contributed by atoms with Crippen molar-refractivity contribution in [2.45, 2.75) is 13.0 Å². The predicted octanol–water partition coefficient (Wildman–Crippen LogP) is 2.17. The monoisotopic (exact) mass is 382 g/mol. The summed E-state index contributed by atoms with van der Waals surface area (Å²) in [7, 11) is 1.31. The Bertz CT molecular complexity index is 1130. The standard InChI is InChI=1S/C19H15ClN4O3/c1-27-17-18(25)23(12-13-6-8-15(20)9-7-13)19(26)24(22-17)16-5-3-2-4-14(16)10-11-21/h2-9H,10,12H2,1H3. The van der Waals surface area contributed by atoms with Gasteiger partial charge in [0.25, 0.3) is 5.88 Å². The lowest BCUT2D eigenvalue weighted by atomic mass is 10.1. The lowest BCUT2D eigenvalue weighted by Crippen LogP contribution is -2.41. The second kappa shape index (κ2) is 7.89. The summed E-state index contributed by atoms with van der Waals surface area (Å²) in [6.45, 7) is 0.0358. The molecule has 0 aliphatic carbocycles. The van der Waals surface area contributed by atoms with E-state index >= 15 is 0 Å². The van der Waals surface area contributed by atoms with Crippen LogP contribution in [0.5, 0.6) is 5.88 Å². The summed E-state index contributed by atoms with van der Waals surface area (Å²) < 4.78 is 7.20. The van der Waals surface area contributed by atoms with Crippen LogP contribution in [-0.4, -0.2) is 21.5 Å². The number of rotatable bonds is 5. The van der Waals surface area contributed by atoms with Crippen LogP contribution in [0.1, 0.15) is 11.1 Å². The molecule has 3 aromatic rings. The number of nitrogens with zero attached hydrogens (tertiary/aromatic N) is 4. The van der Waals surface area contributed by atoms with Gasteiger partial charge in [0.15, 0.2) is 0 Å². The van der Waals surface area contributed by atoms with Gasteiger partial charge in [-0.25, -0.2) is 9.36 Å². The maximum Gasteiger partial charge on any atom is 0.352 e. The zero-order valence-electron chi connectivity index (χ0n) is 14.4. The fraction of sp³-hybridized carbons (Fsp3) is 0.158. The van der Waals surface area contributed by atoms with Crippen molar-refractivity contribution in [1.29, 1.82) is 5.26 Å². The third-order valence-corrected chi connectivity index (χ3v) is 4.22. The number of aromatic nitrogens is 3. The maximum atomic E-state index is 13.0. The van der Waals surface area contributed by atoms with Crippen LogP contribution in [0.3, 0.4) is 0 Å². The second-order valence-electron chi connectivity index (χ2n) is 5.69. The zero-order chi connectivity index (χ0) is 19.4. The molecule has 0 unspecified atom stereocenters. The van der Waals surface area contributed by atoms with E-state index in [1.165, 1.54) is 7.11 Å². The molecule has 2 aromatic carbocycles. The van der Waals surface area contributed by atoms with E-state index < -0.39 is 11.2 Å². The molecular formula is C19H15ClN4O3. The molecule has 0 spiro atoms. The van der Waals surface area contributed by atoms with Crippen molar-refractivity contribution in [3.05, 3.63) is 85.5 Å². The Balaban J connectivity index is 2.20. The van der Waals surface area contributed by atoms with Gasteiger partial charge in [-0.2, -0.15) is 9.94 Å². The molecule has 136 valence electrons. The third kappa shape index (κ3) is 3.76. The van der Waals surface area contributed by atoms with Gasteiger partial charge < -0.3 is 4.74 Å². The van der Waals surface area contributed by atoms with Gasteiger partial charge in [0.1, 0.15) is 0 Å². The number of hydrogen-bond acceptors (Lipinski definition) is 5. The van der Waals surface area contributed by atoms with Crippen LogP contribution in [0, 0.1) is 11.3 Å². The van der Waals surface area contributed by atoms with Gasteiger partial charge in [0.05, 0.1) is 31.8 Å². The quantitative estimate of drug-likeness (QED) is 0.674. The highest BCUT2D eigenvalue weighted by Crippen LogP contribution is 2.13. The van der Waals surface area contributed by atoms with Gasteiger partial charge in [-0.05, 0) is 29.3 Å². The highest BCUT2D eigenvalue weighted by Gasteiger charge is 2.17. The van der Waals surface area contributed by atoms with E-state index in [2.05, 4.69) is 11.2 Å². The fourth-order valence-corrected chi connectivity index (χ4v) is 2.77. The Morgan fingerprint density at radius 1 is 1.15 bits per heavy atom. The van der Waals surface area contributed by atoms with Crippen molar-refractivity contribution >= 4 is 11.6 Å². The molecule has 0 radical (unpaired) electrons. The molecule has 7 nitrogen and oxygen atoms in total. The van der Waals surface area contributed by atoms with E-state index in [1.54, 1.807) is 48.5 Å². The Morgan fingerprint density at radius 3 is 2.52 bits per heavy atom. The smallest absolute Gasteiger partial charge is 0.352 e. The molecule has 3 rings (SSSR count). The van der Waals surface area contributed by atoms with Crippen molar-refractivity contribution in [3.63, 3.8) is 0 Å². The lowest BCUT2D eigenvalue weighted by Gasteiger charge is -2.13. The summed E-state index contributed by atoms with van der Waals surface area (Å²) in [5.41, 5.74) is 0.511. The van der Waals surface area contributed by atoms with Gasteiger partial charge in [-0.15, -0.1) is 5.10 Å². The largest absolute Gasteiger partial charge is 0.476 e. The Morgan fingerprint density at radius 2 is 1.85 bits per heavy atom. The number of ether oxygens (including phenoxy) is 1. The van der Waals surface area contributed by atoms with Gasteiger partial charge in [0, 0.05) is 5.02 Å². The van der Waals surface area contributed by atoms with Gasteiger partial charge in [-0.1, -0.05) is 41.9 Å². The van der Waals surface area contributed by atoms with E-state index in [0.717, 1.165) is 14.8 Å². The van der Waals surface area contributed by atoms with Crippen molar-refractivity contribution in [2.24, 2.45) is 0 Å². The van der Waals surface area contributed by atoms with Crippen LogP contribution < -0.4 is 16.0 Å². The van der Waals surface area contributed by atoms with Crippen LogP contribution in [0.4, 0.5) is 0 Å². The first-order valence-electron chi connectivity index (χ1n) is 8.03. The van der Waals surface area contributed by atoms with E-state index in [0.29, 0.717) is 16.3 Å². The third-order valence-electron chi connectivity index (χ3n) is 3.97. The van der Waals surface area contributed by atoms with E-state index in [1.807, 2.05) is 0 Å². The summed E-state index contributed by atoms with van der Waals surface area (Å²) in [5.74, 6) is -0.213. The molecule has 1 aromatic heterocycles. The molecule has 0 saturated heterocycles. The van der Waals surface area contributed by atoms with Gasteiger partial charge in [0.2, 0.25) is 0 Å². The molecule has 0 aliphatic heterocycles. The second-order valence-corrected chi connectivity index (χ2v) is 6.12. The minimum Gasteiger partial charge on any atom is -0.476 e. The highest BCUT2D eigenvalue weighted by atomic mass is 35.5. The molecule has 0 aliphatic rings. The molecule has 8 heteroatoms. The topological polar surface area (TPSA) is 89.9 Å². The lowest BCUT2D eigenvalue weighted by molar-refractivity contribution is 0.367. The van der Waals surface area contributed by atoms with Crippen LogP contribution in [0.15, 0.2) is 58.1 Å². The first-order chi connectivity index (χ1) is 13.0. The van der Waals surface area contributed by atoms with E-state index in [4.69, 9.17) is 21.6 Å². The minimum absolute atomic E-state index is 0.0358. The van der Waals surface area contributed by atoms with Crippen LogP contribution in [0.2, 0.25) is 5.02 Å². The van der Waals surface area contributed by atoms with Gasteiger partial charge in [-0.3, -0.25) is 4.79 Å².